The van der Waals surface area contributed by atoms with Crippen LogP contribution in [0.5, 0.6) is 5.75 Å². The third-order valence-corrected chi connectivity index (χ3v) is 4.85. The zero-order valence-corrected chi connectivity index (χ0v) is 15.8. The molecule has 2 heterocycles. The lowest BCUT2D eigenvalue weighted by Gasteiger charge is -2.25. The lowest BCUT2D eigenvalue weighted by molar-refractivity contribution is 0.0841. The highest BCUT2D eigenvalue weighted by Crippen LogP contribution is 2.29. The molecule has 0 bridgehead atoms. The summed E-state index contributed by atoms with van der Waals surface area (Å²) in [5.74, 6) is 0.556. The van der Waals surface area contributed by atoms with Crippen LogP contribution in [-0.2, 0) is 11.2 Å². The largest absolute Gasteiger partial charge is 0.513 e. The molecule has 3 rings (SSSR count). The summed E-state index contributed by atoms with van der Waals surface area (Å²) in [4.78, 5) is 19.8. The van der Waals surface area contributed by atoms with Gasteiger partial charge in [0.25, 0.3) is 0 Å². The maximum atomic E-state index is 12.1. The lowest BCUT2D eigenvalue weighted by atomic mass is 10.1. The first-order valence-electron chi connectivity index (χ1n) is 9.44. The van der Waals surface area contributed by atoms with Gasteiger partial charge in [-0.25, -0.2) is 4.79 Å². The summed E-state index contributed by atoms with van der Waals surface area (Å²) in [6, 6.07) is 5.69. The van der Waals surface area contributed by atoms with E-state index in [1.807, 2.05) is 38.5 Å². The third kappa shape index (κ3) is 4.99. The topological polar surface area (TPSA) is 57.8 Å². The van der Waals surface area contributed by atoms with Crippen molar-refractivity contribution in [2.45, 2.75) is 25.7 Å². The molecule has 1 aliphatic heterocycles. The van der Waals surface area contributed by atoms with E-state index in [9.17, 15) is 4.79 Å². The Morgan fingerprint density at radius 3 is 2.81 bits per heavy atom. The fourth-order valence-electron chi connectivity index (χ4n) is 3.41. The first kappa shape index (κ1) is 18.7. The van der Waals surface area contributed by atoms with Crippen LogP contribution in [-0.4, -0.2) is 67.8 Å². The summed E-state index contributed by atoms with van der Waals surface area (Å²) in [5, 5.41) is 0.960. The minimum absolute atomic E-state index is 0.370. The number of likely N-dealkylation sites (N-methyl/N-ethyl adjacent to an activating group) is 1. The molecule has 6 nitrogen and oxygen atoms in total. The third-order valence-electron chi connectivity index (χ3n) is 4.85. The number of ether oxygens (including phenoxy) is 2. The van der Waals surface area contributed by atoms with Gasteiger partial charge in [-0.3, -0.25) is 4.90 Å². The number of likely N-dealkylation sites (tertiary alicyclic amines) is 1. The molecule has 1 aromatic heterocycles. The molecular formula is C20H29N3O3. The summed E-state index contributed by atoms with van der Waals surface area (Å²) < 4.78 is 10.8. The smallest absolute Gasteiger partial charge is 0.433 e. The van der Waals surface area contributed by atoms with Gasteiger partial charge >= 0.3 is 6.16 Å². The van der Waals surface area contributed by atoms with Gasteiger partial charge in [-0.05, 0) is 64.1 Å². The normalized spacial score (nSPS) is 15.5. The number of aromatic amines is 1. The number of fused-ring (bicyclic) bond motifs is 1. The molecule has 2 aromatic rings. The number of nitrogens with zero attached hydrogens (tertiary/aromatic N) is 2. The minimum atomic E-state index is -0.630. The number of piperidine rings is 1. The van der Waals surface area contributed by atoms with E-state index >= 15 is 0 Å². The second-order valence-electron chi connectivity index (χ2n) is 7.15. The van der Waals surface area contributed by atoms with Crippen LogP contribution in [0, 0.1) is 0 Å². The molecule has 0 unspecified atom stereocenters. The summed E-state index contributed by atoms with van der Waals surface area (Å²) >= 11 is 0. The molecule has 1 saturated heterocycles. The van der Waals surface area contributed by atoms with Crippen LogP contribution >= 0.6 is 0 Å². The Bertz CT molecular complexity index is 720. The minimum Gasteiger partial charge on any atom is -0.433 e. The Morgan fingerprint density at radius 2 is 2.04 bits per heavy atom. The van der Waals surface area contributed by atoms with Crippen molar-refractivity contribution in [3.8, 4) is 5.75 Å². The van der Waals surface area contributed by atoms with E-state index in [0.717, 1.165) is 49.1 Å². The molecular weight excluding hydrogens is 330 g/mol. The average molecular weight is 359 g/mol. The average Bonchev–Trinajstić information content (AvgIpc) is 3.05. The van der Waals surface area contributed by atoms with Crippen molar-refractivity contribution in [2.24, 2.45) is 0 Å². The number of aromatic nitrogens is 1. The number of hydrogen-bond acceptors (Lipinski definition) is 5. The molecule has 6 heteroatoms. The van der Waals surface area contributed by atoms with Crippen LogP contribution in [0.25, 0.3) is 10.9 Å². The van der Waals surface area contributed by atoms with E-state index in [-0.39, 0.29) is 0 Å². The molecule has 1 aromatic carbocycles. The van der Waals surface area contributed by atoms with Crippen molar-refractivity contribution in [3.63, 3.8) is 0 Å². The highest BCUT2D eigenvalue weighted by molar-refractivity contribution is 5.90. The number of H-pyrrole nitrogens is 1. The molecule has 0 aliphatic carbocycles. The number of nitrogens with one attached hydrogen (secondary N) is 1. The molecule has 0 atom stereocenters. The summed E-state index contributed by atoms with van der Waals surface area (Å²) in [5.41, 5.74) is 2.11. The maximum absolute atomic E-state index is 12.1. The Morgan fingerprint density at radius 1 is 1.23 bits per heavy atom. The molecule has 0 saturated carbocycles. The molecule has 1 N–H and O–H groups in total. The van der Waals surface area contributed by atoms with Gasteiger partial charge in [0.15, 0.2) is 0 Å². The number of carbonyl (C=O) groups excluding carboxylic acids is 1. The second-order valence-corrected chi connectivity index (χ2v) is 7.15. The zero-order chi connectivity index (χ0) is 18.4. The molecule has 142 valence electrons. The number of benzene rings is 1. The van der Waals surface area contributed by atoms with Gasteiger partial charge in [0, 0.05) is 30.2 Å². The van der Waals surface area contributed by atoms with Crippen LogP contribution in [0.2, 0.25) is 0 Å². The van der Waals surface area contributed by atoms with Gasteiger partial charge in [-0.15, -0.1) is 0 Å². The van der Waals surface area contributed by atoms with E-state index in [4.69, 9.17) is 9.47 Å². The van der Waals surface area contributed by atoms with Crippen LogP contribution in [0.3, 0.4) is 0 Å². The van der Waals surface area contributed by atoms with Crippen molar-refractivity contribution in [1.82, 2.24) is 14.8 Å². The van der Waals surface area contributed by atoms with E-state index in [1.54, 1.807) is 0 Å². The Balaban J connectivity index is 1.58. The van der Waals surface area contributed by atoms with Crippen molar-refractivity contribution in [2.75, 3.05) is 46.9 Å². The summed E-state index contributed by atoms with van der Waals surface area (Å²) in [6.45, 7) is 4.27. The molecule has 0 spiro atoms. The highest BCUT2D eigenvalue weighted by atomic mass is 16.7. The first-order chi connectivity index (χ1) is 12.6. The second kappa shape index (κ2) is 9.05. The standard InChI is InChI=1S/C20H29N3O3/c1-22(2)12-9-16-15-21-17-7-6-8-18(19(16)17)26-20(24)25-14-13-23-10-4-3-5-11-23/h6-8,15,21H,3-5,9-14H2,1-2H3. The van der Waals surface area contributed by atoms with E-state index in [0.29, 0.717) is 12.4 Å². The Labute approximate surface area is 155 Å². The predicted octanol–water partition coefficient (Wildman–Crippen LogP) is 3.27. The van der Waals surface area contributed by atoms with E-state index < -0.39 is 6.16 Å². The Kier molecular flexibility index (Phi) is 6.52. The fraction of sp³-hybridized carbons (Fsp3) is 0.550. The van der Waals surface area contributed by atoms with Gasteiger partial charge in [-0.1, -0.05) is 12.5 Å². The molecule has 0 radical (unpaired) electrons. The highest BCUT2D eigenvalue weighted by Gasteiger charge is 2.15. The number of rotatable bonds is 7. The van der Waals surface area contributed by atoms with Crippen molar-refractivity contribution >= 4 is 17.1 Å². The molecule has 26 heavy (non-hydrogen) atoms. The number of carbonyl (C=O) groups is 1. The lowest BCUT2D eigenvalue weighted by Crippen LogP contribution is -2.33. The van der Waals surface area contributed by atoms with Gasteiger partial charge in [-0.2, -0.15) is 0 Å². The van der Waals surface area contributed by atoms with Crippen molar-refractivity contribution in [1.29, 1.82) is 0 Å². The summed E-state index contributed by atoms with van der Waals surface area (Å²) in [6.07, 6.45) is 6.01. The molecule has 1 aliphatic rings. The zero-order valence-electron chi connectivity index (χ0n) is 15.8. The summed E-state index contributed by atoms with van der Waals surface area (Å²) in [7, 11) is 4.10. The predicted molar refractivity (Wildman–Crippen MR) is 103 cm³/mol. The molecule has 0 amide bonds. The van der Waals surface area contributed by atoms with Gasteiger partial charge in [0.05, 0.1) is 0 Å². The maximum Gasteiger partial charge on any atom is 0.513 e. The molecule has 1 fully saturated rings. The SMILES string of the molecule is CN(C)CCc1c[nH]c2cccc(OC(=O)OCCN3CCCCC3)c12. The van der Waals surface area contributed by atoms with Crippen molar-refractivity contribution < 1.29 is 14.3 Å². The van der Waals surface area contributed by atoms with Gasteiger partial charge in [0.2, 0.25) is 0 Å². The van der Waals surface area contributed by atoms with Crippen LogP contribution in [0.15, 0.2) is 24.4 Å². The van der Waals surface area contributed by atoms with E-state index in [1.165, 1.54) is 19.3 Å². The van der Waals surface area contributed by atoms with Gasteiger partial charge in [0.1, 0.15) is 12.4 Å². The Hall–Kier alpha value is -2.05. The van der Waals surface area contributed by atoms with Crippen LogP contribution in [0.4, 0.5) is 4.79 Å². The van der Waals surface area contributed by atoms with Crippen molar-refractivity contribution in [3.05, 3.63) is 30.0 Å². The van der Waals surface area contributed by atoms with Crippen LogP contribution in [0.1, 0.15) is 24.8 Å². The van der Waals surface area contributed by atoms with Gasteiger partial charge < -0.3 is 19.4 Å². The van der Waals surface area contributed by atoms with E-state index in [2.05, 4.69) is 14.8 Å². The fourth-order valence-corrected chi connectivity index (χ4v) is 3.41. The van der Waals surface area contributed by atoms with Crippen LogP contribution < -0.4 is 4.74 Å². The quantitative estimate of drug-likeness (QED) is 0.607. The first-order valence-corrected chi connectivity index (χ1v) is 9.44. The monoisotopic (exact) mass is 359 g/mol. The number of hydrogen-bond donors (Lipinski definition) is 1.